The molecule has 1 aromatic heterocycles. The number of nitrogens with one attached hydrogen (secondary N) is 1. The van der Waals surface area contributed by atoms with Crippen LogP contribution in [0.15, 0.2) is 70.5 Å². The summed E-state index contributed by atoms with van der Waals surface area (Å²) in [6.07, 6.45) is 2.48. The molecule has 3 aromatic rings. The van der Waals surface area contributed by atoms with E-state index in [0.29, 0.717) is 11.9 Å². The summed E-state index contributed by atoms with van der Waals surface area (Å²) < 4.78 is 1.20. The van der Waals surface area contributed by atoms with E-state index in [-0.39, 0.29) is 18.0 Å². The topological polar surface area (TPSA) is 64.0 Å². The Kier molecular flexibility index (Phi) is 5.85. The molecule has 0 radical (unpaired) electrons. The van der Waals surface area contributed by atoms with Crippen LogP contribution in [0.4, 0.5) is 0 Å². The fraction of sp³-hybridized carbons (Fsp3) is 0.211. The van der Waals surface area contributed by atoms with Crippen LogP contribution in [0, 0.1) is 0 Å². The highest BCUT2D eigenvalue weighted by Crippen LogP contribution is 2.17. The van der Waals surface area contributed by atoms with E-state index >= 15 is 0 Å². The highest BCUT2D eigenvalue weighted by atomic mass is 32.2. The van der Waals surface area contributed by atoms with Crippen LogP contribution in [0.5, 0.6) is 0 Å². The Labute approximate surface area is 150 Å². The van der Waals surface area contributed by atoms with Crippen molar-refractivity contribution in [2.75, 3.05) is 12.3 Å². The minimum Gasteiger partial charge on any atom is -0.354 e. The van der Waals surface area contributed by atoms with Gasteiger partial charge in [-0.05, 0) is 30.4 Å². The number of fused-ring (bicyclic) bond motifs is 1. The highest BCUT2D eigenvalue weighted by molar-refractivity contribution is 7.99. The Morgan fingerprint density at radius 2 is 1.84 bits per heavy atom. The molecule has 2 aromatic carbocycles. The van der Waals surface area contributed by atoms with Crippen molar-refractivity contribution in [1.29, 1.82) is 0 Å². The number of benzene rings is 2. The van der Waals surface area contributed by atoms with E-state index < -0.39 is 0 Å². The molecule has 0 saturated carbocycles. The second-order valence-electron chi connectivity index (χ2n) is 5.56. The monoisotopic (exact) mass is 353 g/mol. The largest absolute Gasteiger partial charge is 0.354 e. The molecule has 5 nitrogen and oxygen atoms in total. The molecule has 0 aliphatic rings. The van der Waals surface area contributed by atoms with Crippen LogP contribution in [0.1, 0.15) is 6.42 Å². The van der Waals surface area contributed by atoms with Gasteiger partial charge >= 0.3 is 0 Å². The summed E-state index contributed by atoms with van der Waals surface area (Å²) in [7, 11) is 0. The average Bonchev–Trinajstić information content (AvgIpc) is 2.65. The van der Waals surface area contributed by atoms with Crippen LogP contribution in [0.25, 0.3) is 10.8 Å². The molecular formula is C19H19N3O2S. The van der Waals surface area contributed by atoms with Gasteiger partial charge in [-0.3, -0.25) is 9.59 Å². The van der Waals surface area contributed by atoms with E-state index in [2.05, 4.69) is 22.5 Å². The highest BCUT2D eigenvalue weighted by Gasteiger charge is 2.07. The summed E-state index contributed by atoms with van der Waals surface area (Å²) >= 11 is 1.76. The number of carbonyl (C=O) groups is 1. The molecule has 6 heteroatoms. The molecule has 128 valence electrons. The fourth-order valence-electron chi connectivity index (χ4n) is 2.44. The maximum atomic E-state index is 12.3. The molecule has 0 aliphatic carbocycles. The Morgan fingerprint density at radius 1 is 1.08 bits per heavy atom. The maximum Gasteiger partial charge on any atom is 0.275 e. The molecule has 25 heavy (non-hydrogen) atoms. The van der Waals surface area contributed by atoms with E-state index in [1.54, 1.807) is 30.1 Å². The normalized spacial score (nSPS) is 10.7. The smallest absolute Gasteiger partial charge is 0.275 e. The van der Waals surface area contributed by atoms with Gasteiger partial charge in [0.05, 0.1) is 11.6 Å². The van der Waals surface area contributed by atoms with Crippen LogP contribution < -0.4 is 10.9 Å². The van der Waals surface area contributed by atoms with Gasteiger partial charge in [-0.15, -0.1) is 11.8 Å². The molecule has 1 heterocycles. The minimum atomic E-state index is -0.243. The van der Waals surface area contributed by atoms with Gasteiger partial charge in [-0.25, -0.2) is 4.68 Å². The van der Waals surface area contributed by atoms with Crippen LogP contribution >= 0.6 is 11.8 Å². The van der Waals surface area contributed by atoms with Crippen molar-refractivity contribution < 1.29 is 4.79 Å². The van der Waals surface area contributed by atoms with Gasteiger partial charge in [-0.2, -0.15) is 5.10 Å². The summed E-state index contributed by atoms with van der Waals surface area (Å²) in [5.74, 6) is 0.730. The van der Waals surface area contributed by atoms with E-state index in [1.165, 1.54) is 9.58 Å². The average molecular weight is 353 g/mol. The van der Waals surface area contributed by atoms with E-state index in [0.717, 1.165) is 17.6 Å². The third-order valence-electron chi connectivity index (χ3n) is 3.71. The number of rotatable bonds is 7. The molecule has 0 spiro atoms. The summed E-state index contributed by atoms with van der Waals surface area (Å²) in [6.45, 7) is 0.524. The number of aromatic nitrogens is 2. The minimum absolute atomic E-state index is 0.0600. The lowest BCUT2D eigenvalue weighted by Gasteiger charge is -2.07. The van der Waals surface area contributed by atoms with Crippen molar-refractivity contribution >= 4 is 28.4 Å². The van der Waals surface area contributed by atoms with Crippen LogP contribution in [0.3, 0.4) is 0 Å². The van der Waals surface area contributed by atoms with Crippen molar-refractivity contribution in [3.05, 3.63) is 71.1 Å². The zero-order valence-corrected chi connectivity index (χ0v) is 14.5. The first kappa shape index (κ1) is 17.2. The summed E-state index contributed by atoms with van der Waals surface area (Å²) in [5, 5.41) is 8.26. The first-order chi connectivity index (χ1) is 12.2. The Bertz CT molecular complexity index is 909. The Balaban J connectivity index is 1.46. The van der Waals surface area contributed by atoms with Gasteiger partial charge in [0, 0.05) is 16.8 Å². The number of carbonyl (C=O) groups excluding carboxylic acids is 1. The first-order valence-electron chi connectivity index (χ1n) is 8.13. The van der Waals surface area contributed by atoms with E-state index in [1.807, 2.05) is 30.3 Å². The van der Waals surface area contributed by atoms with Crippen molar-refractivity contribution in [2.24, 2.45) is 0 Å². The lowest BCUT2D eigenvalue weighted by Crippen LogP contribution is -2.34. The molecule has 3 rings (SSSR count). The number of amides is 1. The first-order valence-corrected chi connectivity index (χ1v) is 9.12. The third-order valence-corrected chi connectivity index (χ3v) is 4.81. The van der Waals surface area contributed by atoms with Gasteiger partial charge in [-0.1, -0.05) is 36.4 Å². The van der Waals surface area contributed by atoms with Gasteiger partial charge in [0.1, 0.15) is 6.54 Å². The predicted molar refractivity (Wildman–Crippen MR) is 101 cm³/mol. The van der Waals surface area contributed by atoms with Gasteiger partial charge in [0.2, 0.25) is 5.91 Å². The zero-order valence-electron chi connectivity index (χ0n) is 13.7. The number of hydrogen-bond acceptors (Lipinski definition) is 4. The quantitative estimate of drug-likeness (QED) is 0.524. The number of hydrogen-bond donors (Lipinski definition) is 1. The molecular weight excluding hydrogens is 334 g/mol. The second kappa shape index (κ2) is 8.48. The van der Waals surface area contributed by atoms with Crippen molar-refractivity contribution in [3.63, 3.8) is 0 Å². The van der Waals surface area contributed by atoms with Crippen LogP contribution in [0.2, 0.25) is 0 Å². The summed E-state index contributed by atoms with van der Waals surface area (Å²) in [6, 6.07) is 17.4. The van der Waals surface area contributed by atoms with Crippen LogP contribution in [-0.4, -0.2) is 28.0 Å². The molecule has 1 amide bonds. The molecule has 0 saturated heterocycles. The molecule has 0 unspecified atom stereocenters. The summed E-state index contributed by atoms with van der Waals surface area (Å²) in [4.78, 5) is 25.6. The maximum absolute atomic E-state index is 12.3. The van der Waals surface area contributed by atoms with E-state index in [9.17, 15) is 9.59 Å². The molecule has 0 atom stereocenters. The predicted octanol–water partition coefficient (Wildman–Crippen LogP) is 2.70. The van der Waals surface area contributed by atoms with Gasteiger partial charge in [0.15, 0.2) is 0 Å². The standard InChI is InChI=1S/C19H19N3O2S/c23-18(20-11-6-12-25-16-8-2-1-3-9-16)14-22-19(24)17-10-5-4-7-15(17)13-21-22/h1-5,7-10,13H,6,11-12,14H2,(H,20,23). The van der Waals surface area contributed by atoms with Crippen molar-refractivity contribution in [2.45, 2.75) is 17.9 Å². The molecule has 0 aliphatic heterocycles. The zero-order chi connectivity index (χ0) is 17.5. The van der Waals surface area contributed by atoms with Crippen molar-refractivity contribution in [3.8, 4) is 0 Å². The van der Waals surface area contributed by atoms with Gasteiger partial charge < -0.3 is 5.32 Å². The number of nitrogens with zero attached hydrogens (tertiary/aromatic N) is 2. The molecule has 1 N–H and O–H groups in total. The number of thioether (sulfide) groups is 1. The Morgan fingerprint density at radius 3 is 2.68 bits per heavy atom. The summed E-state index contributed by atoms with van der Waals surface area (Å²) in [5.41, 5.74) is -0.243. The van der Waals surface area contributed by atoms with Crippen molar-refractivity contribution in [1.82, 2.24) is 15.1 Å². The SMILES string of the molecule is O=C(Cn1ncc2ccccc2c1=O)NCCCSc1ccccc1. The van der Waals surface area contributed by atoms with E-state index in [4.69, 9.17) is 0 Å². The van der Waals surface area contributed by atoms with Crippen LogP contribution in [-0.2, 0) is 11.3 Å². The van der Waals surface area contributed by atoms with Gasteiger partial charge in [0.25, 0.3) is 5.56 Å². The second-order valence-corrected chi connectivity index (χ2v) is 6.73. The lowest BCUT2D eigenvalue weighted by molar-refractivity contribution is -0.121. The fourth-order valence-corrected chi connectivity index (χ4v) is 3.31. The molecule has 0 fully saturated rings. The lowest BCUT2D eigenvalue weighted by atomic mass is 10.2. The Hall–Kier alpha value is -2.60. The third kappa shape index (κ3) is 4.70. The molecule has 0 bridgehead atoms.